The summed E-state index contributed by atoms with van der Waals surface area (Å²) in [4.78, 5) is 91.2. The average Bonchev–Trinajstić information content (AvgIpc) is 3.21. The molecule has 0 unspecified atom stereocenters. The zero-order valence-corrected chi connectivity index (χ0v) is 33.9. The molecule has 0 bridgehead atoms. The Hall–Kier alpha value is -5.42. The molecule has 0 aromatic heterocycles. The lowest BCUT2D eigenvalue weighted by Crippen LogP contribution is -2.58. The smallest absolute Gasteiger partial charge is 0.305 e. The maximum Gasteiger partial charge on any atom is 0.305 e. The molecule has 1 heterocycles. The van der Waals surface area contributed by atoms with E-state index >= 15 is 0 Å². The summed E-state index contributed by atoms with van der Waals surface area (Å²) >= 11 is 0. The van der Waals surface area contributed by atoms with E-state index in [9.17, 15) is 38.7 Å². The minimum Gasteiger partial charge on any atom is -0.481 e. The lowest BCUT2D eigenvalue weighted by molar-refractivity contribution is -0.141. The van der Waals surface area contributed by atoms with Crippen LogP contribution in [-0.2, 0) is 58.9 Å². The Morgan fingerprint density at radius 1 is 0.683 bits per heavy atom. The lowest BCUT2D eigenvalue weighted by Gasteiger charge is -2.26. The highest BCUT2D eigenvalue weighted by Gasteiger charge is 2.33. The number of rotatable bonds is 27. The minimum absolute atomic E-state index is 0.0443. The first-order valence-corrected chi connectivity index (χ1v) is 20.0. The van der Waals surface area contributed by atoms with Crippen LogP contribution < -0.4 is 48.7 Å². The molecule has 0 saturated carbocycles. The molecule has 2 rings (SSSR count). The predicted octanol–water partition coefficient (Wildman–Crippen LogP) is -3.26. The molecule has 0 aliphatic carbocycles. The van der Waals surface area contributed by atoms with Gasteiger partial charge in [0.05, 0.1) is 65.8 Å². The molecular weight excluding hydrogens is 788 g/mol. The van der Waals surface area contributed by atoms with Gasteiger partial charge in [-0.05, 0) is 37.7 Å². The van der Waals surface area contributed by atoms with Gasteiger partial charge in [-0.3, -0.25) is 39.0 Å². The van der Waals surface area contributed by atoms with E-state index in [1.807, 2.05) is 0 Å². The Morgan fingerprint density at radius 2 is 1.22 bits per heavy atom. The Morgan fingerprint density at radius 3 is 1.83 bits per heavy atom. The number of nitrogens with two attached hydrogens (primary N) is 2. The van der Waals surface area contributed by atoms with Crippen molar-refractivity contribution < 1.29 is 57.6 Å². The maximum absolute atomic E-state index is 13.9. The van der Waals surface area contributed by atoms with Crippen molar-refractivity contribution in [3.8, 4) is 0 Å². The molecule has 60 heavy (non-hydrogen) atoms. The zero-order chi connectivity index (χ0) is 44.0. The number of nitrogens with one attached hydrogen (secondary N) is 8. The van der Waals surface area contributed by atoms with Gasteiger partial charge < -0.3 is 72.7 Å². The number of carbonyl (C=O) groups is 7. The summed E-state index contributed by atoms with van der Waals surface area (Å²) in [5, 5.41) is 34.8. The number of amides is 6. The van der Waals surface area contributed by atoms with Gasteiger partial charge in [0.2, 0.25) is 35.4 Å². The predicted molar refractivity (Wildman–Crippen MR) is 216 cm³/mol. The third kappa shape index (κ3) is 23.2. The second-order valence-electron chi connectivity index (χ2n) is 13.6. The molecule has 1 aromatic carbocycles. The molecule has 1 fully saturated rings. The fourth-order valence-electron chi connectivity index (χ4n) is 5.66. The van der Waals surface area contributed by atoms with E-state index in [0.29, 0.717) is 71.2 Å². The fraction of sp³-hybridized carbons (Fsp3) is 0.632. The van der Waals surface area contributed by atoms with Crippen molar-refractivity contribution in [1.29, 1.82) is 5.41 Å². The van der Waals surface area contributed by atoms with E-state index in [0.717, 1.165) is 0 Å². The van der Waals surface area contributed by atoms with Crippen LogP contribution in [-0.4, -0.2) is 156 Å². The Labute approximate surface area is 349 Å². The third-order valence-corrected chi connectivity index (χ3v) is 8.71. The Balaban J connectivity index is 2.06. The number of benzene rings is 1. The van der Waals surface area contributed by atoms with Gasteiger partial charge >= 0.3 is 5.97 Å². The number of guanidine groups is 1. The molecule has 13 N–H and O–H groups in total. The van der Waals surface area contributed by atoms with Crippen molar-refractivity contribution in [3.63, 3.8) is 0 Å². The molecule has 1 aliphatic heterocycles. The highest BCUT2D eigenvalue weighted by Crippen LogP contribution is 2.09. The normalized spacial score (nSPS) is 19.1. The van der Waals surface area contributed by atoms with Gasteiger partial charge in [0.15, 0.2) is 5.96 Å². The van der Waals surface area contributed by atoms with Gasteiger partial charge in [-0.1, -0.05) is 30.3 Å². The van der Waals surface area contributed by atoms with Gasteiger partial charge in [-0.25, -0.2) is 0 Å². The van der Waals surface area contributed by atoms with E-state index in [2.05, 4.69) is 37.2 Å². The number of carbonyl (C=O) groups excluding carboxylic acids is 6. The topological polar surface area (TPSA) is 337 Å². The van der Waals surface area contributed by atoms with Gasteiger partial charge in [0.25, 0.3) is 0 Å². The van der Waals surface area contributed by atoms with Crippen LogP contribution in [0, 0.1) is 5.41 Å². The Kier molecular flexibility index (Phi) is 25.9. The number of ether oxygens (including phenoxy) is 4. The second-order valence-corrected chi connectivity index (χ2v) is 13.6. The van der Waals surface area contributed by atoms with Crippen LogP contribution >= 0.6 is 0 Å². The molecule has 4 atom stereocenters. The molecule has 0 radical (unpaired) electrons. The van der Waals surface area contributed by atoms with Crippen LogP contribution in [0.5, 0.6) is 0 Å². The first-order valence-electron chi connectivity index (χ1n) is 20.0. The van der Waals surface area contributed by atoms with Gasteiger partial charge in [-0.2, -0.15) is 0 Å². The third-order valence-electron chi connectivity index (χ3n) is 8.71. The van der Waals surface area contributed by atoms with Crippen LogP contribution in [0.2, 0.25) is 0 Å². The summed E-state index contributed by atoms with van der Waals surface area (Å²) in [6.07, 6.45) is 0.378. The van der Waals surface area contributed by atoms with Crippen molar-refractivity contribution in [1.82, 2.24) is 37.2 Å². The number of aliphatic carboxylic acids is 1. The molecule has 22 nitrogen and oxygen atoms in total. The first kappa shape index (κ1) is 50.7. The van der Waals surface area contributed by atoms with Crippen LogP contribution in [0.1, 0.15) is 50.5 Å². The summed E-state index contributed by atoms with van der Waals surface area (Å²) in [7, 11) is 0. The number of unbranched alkanes of at least 4 members (excludes halogenated alkanes) is 1. The molecule has 1 aliphatic rings. The molecule has 1 saturated heterocycles. The second kappa shape index (κ2) is 30.6. The maximum atomic E-state index is 13.9. The first-order chi connectivity index (χ1) is 28.9. The minimum atomic E-state index is -1.60. The van der Waals surface area contributed by atoms with Gasteiger partial charge in [-0.15, -0.1) is 0 Å². The zero-order valence-electron chi connectivity index (χ0n) is 33.9. The number of carboxylic acid groups (broad SMARTS) is 1. The summed E-state index contributed by atoms with van der Waals surface area (Å²) in [5.41, 5.74) is 11.3. The summed E-state index contributed by atoms with van der Waals surface area (Å²) in [6, 6.07) is 3.34. The summed E-state index contributed by atoms with van der Waals surface area (Å²) < 4.78 is 21.5. The Bertz CT molecular complexity index is 1510. The van der Waals surface area contributed by atoms with Crippen molar-refractivity contribution >= 4 is 47.4 Å². The van der Waals surface area contributed by atoms with Gasteiger partial charge in [0.1, 0.15) is 24.2 Å². The molecule has 336 valence electrons. The largest absolute Gasteiger partial charge is 0.481 e. The quantitative estimate of drug-likeness (QED) is 0.0235. The highest BCUT2D eigenvalue weighted by atomic mass is 16.6. The SMILES string of the molecule is N=C(N)NCCC[C@@H]1NC(=O)[C@H](CCCCNC(=O)CCOCCOCCOCCOCCN)NC(=O)[C@@H](Cc2ccccc2)NC(=O)[C@H](CC(=O)O)NC(=O)CNC1=O. The van der Waals surface area contributed by atoms with Gasteiger partial charge in [0, 0.05) is 32.5 Å². The lowest BCUT2D eigenvalue weighted by atomic mass is 10.0. The van der Waals surface area contributed by atoms with E-state index in [1.54, 1.807) is 30.3 Å². The average molecular weight is 851 g/mol. The molecule has 22 heteroatoms. The van der Waals surface area contributed by atoms with E-state index in [1.165, 1.54) is 0 Å². The van der Waals surface area contributed by atoms with E-state index in [-0.39, 0.29) is 63.7 Å². The monoisotopic (exact) mass is 850 g/mol. The number of hydrogen-bond acceptors (Lipinski definition) is 13. The molecule has 1 aromatic rings. The fourth-order valence-corrected chi connectivity index (χ4v) is 5.66. The van der Waals surface area contributed by atoms with E-state index < -0.39 is 72.6 Å². The van der Waals surface area contributed by atoms with Crippen molar-refractivity contribution in [2.75, 3.05) is 79.0 Å². The van der Waals surface area contributed by atoms with Crippen LogP contribution in [0.4, 0.5) is 0 Å². The van der Waals surface area contributed by atoms with Crippen LogP contribution in [0.25, 0.3) is 0 Å². The standard InChI is InChI=1S/C38H62N10O12/c39-12-16-58-18-20-60-22-21-59-19-17-57-15-11-31(49)42-13-5-4-9-28-35(54)46-27(10-6-14-43-38(40)41)34(53)44-25-32(50)45-30(24-33(51)52)37(56)48-29(36(55)47-28)23-26-7-2-1-3-8-26/h1-3,7-8,27-30H,4-6,9-25,39H2,(H,42,49)(H,44,53)(H,45,50)(H,46,54)(H,47,55)(H,48,56)(H,51,52)(H4,40,41,43)/t27-,28-,29+,30-/m0/s1. The van der Waals surface area contributed by atoms with E-state index in [4.69, 9.17) is 35.8 Å². The van der Waals surface area contributed by atoms with Crippen LogP contribution in [0.15, 0.2) is 30.3 Å². The molecule has 0 spiro atoms. The van der Waals surface area contributed by atoms with Crippen molar-refractivity contribution in [3.05, 3.63) is 35.9 Å². The van der Waals surface area contributed by atoms with Crippen molar-refractivity contribution in [2.24, 2.45) is 11.5 Å². The summed E-state index contributed by atoms with van der Waals surface area (Å²) in [5.74, 6) is -6.03. The highest BCUT2D eigenvalue weighted by molar-refractivity contribution is 5.98. The molecule has 6 amide bonds. The summed E-state index contributed by atoms with van der Waals surface area (Å²) in [6.45, 7) is 3.28. The molecular formula is C38H62N10O12. The number of carboxylic acids is 1. The number of hydrogen-bond donors (Lipinski definition) is 11. The van der Waals surface area contributed by atoms with Crippen molar-refractivity contribution in [2.45, 2.75) is 75.5 Å². The van der Waals surface area contributed by atoms with Crippen LogP contribution in [0.3, 0.4) is 0 Å².